The van der Waals surface area contributed by atoms with Gasteiger partial charge in [0.1, 0.15) is 0 Å². The van der Waals surface area contributed by atoms with Gasteiger partial charge in [-0.2, -0.15) is 11.8 Å². The highest BCUT2D eigenvalue weighted by atomic mass is 35.5. The van der Waals surface area contributed by atoms with Crippen molar-refractivity contribution in [1.29, 1.82) is 0 Å². The van der Waals surface area contributed by atoms with Crippen LogP contribution in [0.25, 0.3) is 0 Å². The zero-order chi connectivity index (χ0) is 12.3. The Labute approximate surface area is 113 Å². The van der Waals surface area contributed by atoms with Crippen molar-refractivity contribution >= 4 is 23.4 Å². The van der Waals surface area contributed by atoms with Gasteiger partial charge in [0.2, 0.25) is 0 Å². The van der Waals surface area contributed by atoms with Gasteiger partial charge < -0.3 is 5.73 Å². The maximum atomic E-state index is 6.27. The summed E-state index contributed by atoms with van der Waals surface area (Å²) in [4.78, 5) is 2.46. The van der Waals surface area contributed by atoms with Crippen molar-refractivity contribution in [2.75, 3.05) is 25.4 Å². The minimum atomic E-state index is 0.257. The third-order valence-corrected chi connectivity index (χ3v) is 4.68. The van der Waals surface area contributed by atoms with Gasteiger partial charge in [-0.15, -0.1) is 0 Å². The zero-order valence-electron chi connectivity index (χ0n) is 10.1. The molecule has 1 aliphatic heterocycles. The summed E-state index contributed by atoms with van der Waals surface area (Å²) in [6.07, 6.45) is 0. The van der Waals surface area contributed by atoms with Crippen LogP contribution in [0.3, 0.4) is 0 Å². The molecule has 1 aromatic rings. The molecular formula is C13H19ClN2S. The van der Waals surface area contributed by atoms with Gasteiger partial charge in [-0.3, -0.25) is 4.90 Å². The molecule has 0 amide bonds. The molecule has 2 rings (SSSR count). The minimum absolute atomic E-state index is 0.257. The fourth-order valence-electron chi connectivity index (χ4n) is 2.35. The number of nitrogens with zero attached hydrogens (tertiary/aromatic N) is 1. The lowest BCUT2D eigenvalue weighted by molar-refractivity contribution is 0.211. The Balaban J connectivity index is 2.18. The van der Waals surface area contributed by atoms with Crippen LogP contribution >= 0.6 is 23.4 Å². The summed E-state index contributed by atoms with van der Waals surface area (Å²) >= 11 is 8.30. The average molecular weight is 271 g/mol. The molecule has 2 atom stereocenters. The monoisotopic (exact) mass is 270 g/mol. The topological polar surface area (TPSA) is 29.3 Å². The van der Waals surface area contributed by atoms with E-state index >= 15 is 0 Å². The van der Waals surface area contributed by atoms with Crippen LogP contribution in [-0.2, 0) is 0 Å². The second-order valence-electron chi connectivity index (χ2n) is 4.45. The predicted molar refractivity (Wildman–Crippen MR) is 76.7 cm³/mol. The molecule has 0 spiro atoms. The van der Waals surface area contributed by atoms with Crippen LogP contribution in [-0.4, -0.2) is 35.5 Å². The summed E-state index contributed by atoms with van der Waals surface area (Å²) in [5.41, 5.74) is 7.11. The fraction of sp³-hybridized carbons (Fsp3) is 0.538. The largest absolute Gasteiger partial charge is 0.329 e. The Morgan fingerprint density at radius 1 is 1.53 bits per heavy atom. The number of nitrogens with two attached hydrogens (primary N) is 1. The van der Waals surface area contributed by atoms with Crippen molar-refractivity contribution in [3.8, 4) is 0 Å². The third kappa shape index (κ3) is 3.16. The fourth-order valence-corrected chi connectivity index (χ4v) is 3.65. The standard InChI is InChI=1S/C13H19ClN2S/c1-10-9-16(6-7-17-10)13(8-15)11-4-2-3-5-12(11)14/h2-5,10,13H,6-9,15H2,1H3. The van der Waals surface area contributed by atoms with E-state index in [1.165, 1.54) is 5.75 Å². The predicted octanol–water partition coefficient (Wildman–Crippen LogP) is 2.78. The Bertz CT molecular complexity index is 372. The van der Waals surface area contributed by atoms with E-state index in [1.54, 1.807) is 0 Å². The Kier molecular flexibility index (Phi) is 4.74. The van der Waals surface area contributed by atoms with E-state index in [0.29, 0.717) is 11.8 Å². The van der Waals surface area contributed by atoms with Crippen molar-refractivity contribution in [3.63, 3.8) is 0 Å². The summed E-state index contributed by atoms with van der Waals surface area (Å²) in [6.45, 7) is 5.10. The van der Waals surface area contributed by atoms with Crippen LogP contribution in [0.5, 0.6) is 0 Å². The van der Waals surface area contributed by atoms with Crippen molar-refractivity contribution < 1.29 is 0 Å². The molecular weight excluding hydrogens is 252 g/mol. The lowest BCUT2D eigenvalue weighted by atomic mass is 10.0. The quantitative estimate of drug-likeness (QED) is 0.916. The van der Waals surface area contributed by atoms with Gasteiger partial charge in [0.05, 0.1) is 0 Å². The van der Waals surface area contributed by atoms with Gasteiger partial charge in [0, 0.05) is 41.7 Å². The highest BCUT2D eigenvalue weighted by molar-refractivity contribution is 7.99. The Morgan fingerprint density at radius 3 is 2.94 bits per heavy atom. The average Bonchev–Trinajstić information content (AvgIpc) is 2.33. The summed E-state index contributed by atoms with van der Waals surface area (Å²) in [5.74, 6) is 1.18. The van der Waals surface area contributed by atoms with Gasteiger partial charge in [-0.1, -0.05) is 36.7 Å². The van der Waals surface area contributed by atoms with Gasteiger partial charge in [0.15, 0.2) is 0 Å². The Hall–Kier alpha value is -0.220. The SMILES string of the molecule is CC1CN(C(CN)c2ccccc2Cl)CCS1. The van der Waals surface area contributed by atoms with E-state index in [4.69, 9.17) is 17.3 Å². The highest BCUT2D eigenvalue weighted by Crippen LogP contribution is 2.30. The number of hydrogen-bond donors (Lipinski definition) is 1. The second-order valence-corrected chi connectivity index (χ2v) is 6.40. The van der Waals surface area contributed by atoms with Crippen molar-refractivity contribution in [2.45, 2.75) is 18.2 Å². The first-order chi connectivity index (χ1) is 8.22. The molecule has 1 aliphatic rings. The van der Waals surface area contributed by atoms with E-state index in [-0.39, 0.29) is 6.04 Å². The lowest BCUT2D eigenvalue weighted by Gasteiger charge is -2.37. The smallest absolute Gasteiger partial charge is 0.0485 e. The summed E-state index contributed by atoms with van der Waals surface area (Å²) in [7, 11) is 0. The first kappa shape index (κ1) is 13.2. The first-order valence-corrected chi connectivity index (χ1v) is 7.45. The van der Waals surface area contributed by atoms with Gasteiger partial charge in [-0.05, 0) is 11.6 Å². The molecule has 1 aromatic carbocycles. The molecule has 0 saturated carbocycles. The van der Waals surface area contributed by atoms with E-state index in [9.17, 15) is 0 Å². The van der Waals surface area contributed by atoms with Crippen LogP contribution in [0.2, 0.25) is 5.02 Å². The molecule has 0 bridgehead atoms. The molecule has 2 N–H and O–H groups in total. The molecule has 4 heteroatoms. The van der Waals surface area contributed by atoms with E-state index < -0.39 is 0 Å². The minimum Gasteiger partial charge on any atom is -0.329 e. The van der Waals surface area contributed by atoms with Crippen LogP contribution < -0.4 is 5.73 Å². The molecule has 1 heterocycles. The van der Waals surface area contributed by atoms with Gasteiger partial charge in [0.25, 0.3) is 0 Å². The van der Waals surface area contributed by atoms with Crippen LogP contribution in [0, 0.1) is 0 Å². The second kappa shape index (κ2) is 6.10. The molecule has 94 valence electrons. The molecule has 1 saturated heterocycles. The summed E-state index contributed by atoms with van der Waals surface area (Å²) in [5, 5.41) is 1.51. The number of rotatable bonds is 3. The van der Waals surface area contributed by atoms with E-state index in [1.807, 2.05) is 30.0 Å². The molecule has 1 fully saturated rings. The van der Waals surface area contributed by atoms with Crippen LogP contribution in [0.4, 0.5) is 0 Å². The summed E-state index contributed by atoms with van der Waals surface area (Å²) < 4.78 is 0. The maximum Gasteiger partial charge on any atom is 0.0485 e. The molecule has 2 unspecified atom stereocenters. The van der Waals surface area contributed by atoms with Crippen LogP contribution in [0.1, 0.15) is 18.5 Å². The molecule has 0 aliphatic carbocycles. The third-order valence-electron chi connectivity index (χ3n) is 3.20. The number of halogens is 1. The normalized spacial score (nSPS) is 23.6. The zero-order valence-corrected chi connectivity index (χ0v) is 11.7. The van der Waals surface area contributed by atoms with Crippen molar-refractivity contribution in [2.24, 2.45) is 5.73 Å². The molecule has 2 nitrogen and oxygen atoms in total. The van der Waals surface area contributed by atoms with E-state index in [0.717, 1.165) is 23.7 Å². The molecule has 0 radical (unpaired) electrons. The van der Waals surface area contributed by atoms with E-state index in [2.05, 4.69) is 17.9 Å². The maximum absolute atomic E-state index is 6.27. The highest BCUT2D eigenvalue weighted by Gasteiger charge is 2.25. The first-order valence-electron chi connectivity index (χ1n) is 6.02. The van der Waals surface area contributed by atoms with Crippen LogP contribution in [0.15, 0.2) is 24.3 Å². The Morgan fingerprint density at radius 2 is 2.29 bits per heavy atom. The number of benzene rings is 1. The lowest BCUT2D eigenvalue weighted by Crippen LogP contribution is -2.42. The van der Waals surface area contributed by atoms with Crippen molar-refractivity contribution in [3.05, 3.63) is 34.9 Å². The van der Waals surface area contributed by atoms with Gasteiger partial charge >= 0.3 is 0 Å². The number of thioether (sulfide) groups is 1. The summed E-state index contributed by atoms with van der Waals surface area (Å²) in [6, 6.07) is 8.29. The van der Waals surface area contributed by atoms with Gasteiger partial charge in [-0.25, -0.2) is 0 Å². The molecule has 17 heavy (non-hydrogen) atoms. The molecule has 0 aromatic heterocycles. The number of hydrogen-bond acceptors (Lipinski definition) is 3. The van der Waals surface area contributed by atoms with Crippen molar-refractivity contribution in [1.82, 2.24) is 4.90 Å².